The third kappa shape index (κ3) is 2.34. The number of amides is 1. The summed E-state index contributed by atoms with van der Waals surface area (Å²) < 4.78 is 5.25. The highest BCUT2D eigenvalue weighted by atomic mass is 16.5. The average molecular weight is 286 g/mol. The fourth-order valence-electron chi connectivity index (χ4n) is 2.47. The number of hydrogen-bond donors (Lipinski definition) is 1. The van der Waals surface area contributed by atoms with Crippen molar-refractivity contribution in [1.29, 1.82) is 5.26 Å². The molecule has 21 heavy (non-hydrogen) atoms. The van der Waals surface area contributed by atoms with Crippen LogP contribution >= 0.6 is 0 Å². The van der Waals surface area contributed by atoms with E-state index in [1.54, 1.807) is 24.3 Å². The molecule has 0 aliphatic carbocycles. The van der Waals surface area contributed by atoms with E-state index in [1.165, 1.54) is 14.0 Å². The fourth-order valence-corrected chi connectivity index (χ4v) is 2.47. The molecular weight excluding hydrogens is 272 g/mol. The maximum absolute atomic E-state index is 12.1. The van der Waals surface area contributed by atoms with Crippen LogP contribution in [0, 0.1) is 11.3 Å². The van der Waals surface area contributed by atoms with Crippen LogP contribution in [0.3, 0.4) is 0 Å². The molecule has 1 atom stereocenters. The number of nitriles is 1. The predicted octanol–water partition coefficient (Wildman–Crippen LogP) is 1.50. The lowest BCUT2D eigenvalue weighted by Gasteiger charge is -2.25. The van der Waals surface area contributed by atoms with Crippen LogP contribution in [0.25, 0.3) is 0 Å². The van der Waals surface area contributed by atoms with E-state index in [9.17, 15) is 14.7 Å². The molecule has 1 heterocycles. The zero-order valence-electron chi connectivity index (χ0n) is 11.7. The van der Waals surface area contributed by atoms with E-state index in [4.69, 9.17) is 10.00 Å². The van der Waals surface area contributed by atoms with Crippen molar-refractivity contribution in [3.05, 3.63) is 41.2 Å². The third-order valence-corrected chi connectivity index (χ3v) is 3.36. The van der Waals surface area contributed by atoms with Gasteiger partial charge in [0.25, 0.3) is 5.91 Å². The maximum Gasteiger partial charge on any atom is 0.290 e. The summed E-state index contributed by atoms with van der Waals surface area (Å²) in [6.07, 6.45) is 0. The summed E-state index contributed by atoms with van der Waals surface area (Å²) in [5, 5.41) is 18.8. The molecule has 0 unspecified atom stereocenters. The first-order chi connectivity index (χ1) is 10.0. The van der Waals surface area contributed by atoms with Crippen LogP contribution in [0.2, 0.25) is 0 Å². The monoisotopic (exact) mass is 286 g/mol. The Morgan fingerprint density at radius 2 is 2.14 bits per heavy atom. The summed E-state index contributed by atoms with van der Waals surface area (Å²) in [6.45, 7) is 1.04. The maximum atomic E-state index is 12.1. The standard InChI is InChI=1S/C15H14N2O4/c1-9(18)12-13(10-5-3-4-6-11(10)21-2)17(8-7-16)15(20)14(12)19/h3-6,13,19H,8H2,1-2H3/t13-/m0/s1. The van der Waals surface area contributed by atoms with E-state index in [-0.39, 0.29) is 12.1 Å². The highest BCUT2D eigenvalue weighted by Gasteiger charge is 2.43. The topological polar surface area (TPSA) is 90.6 Å². The van der Waals surface area contributed by atoms with Crippen LogP contribution < -0.4 is 4.74 Å². The van der Waals surface area contributed by atoms with Crippen molar-refractivity contribution in [3.63, 3.8) is 0 Å². The van der Waals surface area contributed by atoms with E-state index in [2.05, 4.69) is 0 Å². The quantitative estimate of drug-likeness (QED) is 0.847. The van der Waals surface area contributed by atoms with Gasteiger partial charge in [0.05, 0.1) is 24.8 Å². The number of carbonyl (C=O) groups is 2. The second kappa shape index (κ2) is 5.67. The molecule has 0 saturated heterocycles. The molecule has 0 radical (unpaired) electrons. The van der Waals surface area contributed by atoms with Gasteiger partial charge in [0.15, 0.2) is 11.5 Å². The Balaban J connectivity index is 2.63. The second-order valence-electron chi connectivity index (χ2n) is 4.55. The van der Waals surface area contributed by atoms with Gasteiger partial charge >= 0.3 is 0 Å². The second-order valence-corrected chi connectivity index (χ2v) is 4.55. The lowest BCUT2D eigenvalue weighted by Crippen LogP contribution is -2.31. The summed E-state index contributed by atoms with van der Waals surface area (Å²) >= 11 is 0. The van der Waals surface area contributed by atoms with Crippen molar-refractivity contribution in [2.24, 2.45) is 0 Å². The Morgan fingerprint density at radius 1 is 1.48 bits per heavy atom. The van der Waals surface area contributed by atoms with E-state index < -0.39 is 23.5 Å². The van der Waals surface area contributed by atoms with Gasteiger partial charge in [-0.3, -0.25) is 9.59 Å². The van der Waals surface area contributed by atoms with Crippen LogP contribution in [0.4, 0.5) is 0 Å². The normalized spacial score (nSPS) is 17.9. The van der Waals surface area contributed by atoms with Crippen molar-refractivity contribution in [2.45, 2.75) is 13.0 Å². The number of ketones is 1. The summed E-state index contributed by atoms with van der Waals surface area (Å²) in [7, 11) is 1.47. The molecule has 6 nitrogen and oxygen atoms in total. The van der Waals surface area contributed by atoms with E-state index in [1.807, 2.05) is 6.07 Å². The molecule has 1 N–H and O–H groups in total. The van der Waals surface area contributed by atoms with Crippen LogP contribution in [0.5, 0.6) is 5.75 Å². The van der Waals surface area contributed by atoms with Crippen molar-refractivity contribution in [3.8, 4) is 11.8 Å². The van der Waals surface area contributed by atoms with E-state index >= 15 is 0 Å². The number of aliphatic hydroxyl groups is 1. The minimum absolute atomic E-state index is 0.0141. The number of hydrogen-bond acceptors (Lipinski definition) is 5. The van der Waals surface area contributed by atoms with Gasteiger partial charge in [-0.05, 0) is 13.0 Å². The number of para-hydroxylation sites is 1. The van der Waals surface area contributed by atoms with Gasteiger partial charge < -0.3 is 14.7 Å². The molecule has 1 aromatic rings. The molecule has 1 aliphatic rings. The molecule has 2 rings (SSSR count). The smallest absolute Gasteiger partial charge is 0.290 e. The minimum Gasteiger partial charge on any atom is -0.503 e. The average Bonchev–Trinajstić information content (AvgIpc) is 2.72. The van der Waals surface area contributed by atoms with Gasteiger partial charge in [-0.2, -0.15) is 5.26 Å². The first-order valence-electron chi connectivity index (χ1n) is 6.27. The molecule has 0 fully saturated rings. The minimum atomic E-state index is -0.814. The number of Topliss-reactive ketones (excluding diaryl/α,β-unsaturated/α-hetero) is 1. The van der Waals surface area contributed by atoms with Gasteiger partial charge in [-0.1, -0.05) is 18.2 Å². The largest absolute Gasteiger partial charge is 0.503 e. The Bertz CT molecular complexity index is 672. The zero-order valence-corrected chi connectivity index (χ0v) is 11.7. The van der Waals surface area contributed by atoms with Crippen LogP contribution in [0.15, 0.2) is 35.6 Å². The number of rotatable bonds is 4. The van der Waals surface area contributed by atoms with Crippen molar-refractivity contribution < 1.29 is 19.4 Å². The van der Waals surface area contributed by atoms with Crippen molar-refractivity contribution in [2.75, 3.05) is 13.7 Å². The number of methoxy groups -OCH3 is 1. The number of ether oxygens (including phenoxy) is 1. The summed E-state index contributed by atoms with van der Waals surface area (Å²) in [4.78, 5) is 25.0. The molecule has 0 bridgehead atoms. The summed E-state index contributed by atoms with van der Waals surface area (Å²) in [6, 6.07) is 7.94. The SMILES string of the molecule is COc1ccccc1[C@H]1C(C(C)=O)=C(O)C(=O)N1CC#N. The molecule has 0 saturated carbocycles. The highest BCUT2D eigenvalue weighted by molar-refractivity contribution is 6.08. The van der Waals surface area contributed by atoms with Gasteiger partial charge in [-0.15, -0.1) is 0 Å². The van der Waals surface area contributed by atoms with Crippen molar-refractivity contribution in [1.82, 2.24) is 4.90 Å². The van der Waals surface area contributed by atoms with Gasteiger partial charge in [0, 0.05) is 5.56 Å². The van der Waals surface area contributed by atoms with Gasteiger partial charge in [0.2, 0.25) is 0 Å². The third-order valence-electron chi connectivity index (χ3n) is 3.36. The molecule has 108 valence electrons. The number of benzene rings is 1. The Kier molecular flexibility index (Phi) is 3.94. The number of aliphatic hydroxyl groups excluding tert-OH is 1. The predicted molar refractivity (Wildman–Crippen MR) is 73.4 cm³/mol. The van der Waals surface area contributed by atoms with Crippen LogP contribution in [-0.4, -0.2) is 35.4 Å². The molecule has 0 aromatic heterocycles. The van der Waals surface area contributed by atoms with Crippen LogP contribution in [0.1, 0.15) is 18.5 Å². The fraction of sp³-hybridized carbons (Fsp3) is 0.267. The lowest BCUT2D eigenvalue weighted by molar-refractivity contribution is -0.128. The Labute approximate surface area is 121 Å². The lowest BCUT2D eigenvalue weighted by atomic mass is 9.96. The molecule has 1 amide bonds. The first kappa shape index (κ1) is 14.6. The summed E-state index contributed by atoms with van der Waals surface area (Å²) in [5.41, 5.74) is 0.539. The molecular formula is C15H14N2O4. The first-order valence-corrected chi connectivity index (χ1v) is 6.27. The number of nitrogens with zero attached hydrogens (tertiary/aromatic N) is 2. The van der Waals surface area contributed by atoms with Crippen LogP contribution in [-0.2, 0) is 9.59 Å². The van der Waals surface area contributed by atoms with Gasteiger partial charge in [0.1, 0.15) is 12.3 Å². The highest BCUT2D eigenvalue weighted by Crippen LogP contribution is 2.40. The summed E-state index contributed by atoms with van der Waals surface area (Å²) in [5.74, 6) is -1.27. The molecule has 1 aliphatic heterocycles. The molecule has 0 spiro atoms. The van der Waals surface area contributed by atoms with E-state index in [0.717, 1.165) is 4.90 Å². The Hall–Kier alpha value is -2.81. The molecule has 1 aromatic carbocycles. The van der Waals surface area contributed by atoms with E-state index in [0.29, 0.717) is 11.3 Å². The van der Waals surface area contributed by atoms with Gasteiger partial charge in [-0.25, -0.2) is 0 Å². The number of carbonyl (C=O) groups excluding carboxylic acids is 2. The Morgan fingerprint density at radius 3 is 2.71 bits per heavy atom. The van der Waals surface area contributed by atoms with Crippen molar-refractivity contribution >= 4 is 11.7 Å². The molecule has 6 heteroatoms. The zero-order chi connectivity index (χ0) is 15.6.